The number of halogens is 3. The van der Waals surface area contributed by atoms with Crippen molar-refractivity contribution in [2.45, 2.75) is 19.0 Å². The SMILES string of the molecule is O=C(Cc1ccccc1)NCCC(=O)Nc1ccc(OCC(F)(F)F)cc1. The van der Waals surface area contributed by atoms with Gasteiger partial charge in [0, 0.05) is 18.7 Å². The molecule has 2 rings (SSSR count). The number of hydrogen-bond acceptors (Lipinski definition) is 3. The fourth-order valence-corrected chi connectivity index (χ4v) is 2.18. The first kappa shape index (κ1) is 20.3. The van der Waals surface area contributed by atoms with E-state index < -0.39 is 12.8 Å². The summed E-state index contributed by atoms with van der Waals surface area (Å²) in [5, 5.41) is 5.26. The summed E-state index contributed by atoms with van der Waals surface area (Å²) >= 11 is 0. The van der Waals surface area contributed by atoms with Gasteiger partial charge in [-0.3, -0.25) is 9.59 Å². The van der Waals surface area contributed by atoms with E-state index in [0.29, 0.717) is 5.69 Å². The number of benzene rings is 2. The van der Waals surface area contributed by atoms with Crippen molar-refractivity contribution in [1.29, 1.82) is 0 Å². The van der Waals surface area contributed by atoms with E-state index in [1.165, 1.54) is 24.3 Å². The summed E-state index contributed by atoms with van der Waals surface area (Å²) in [5.41, 5.74) is 1.31. The normalized spacial score (nSPS) is 10.9. The molecule has 8 heteroatoms. The highest BCUT2D eigenvalue weighted by molar-refractivity contribution is 5.91. The van der Waals surface area contributed by atoms with Crippen LogP contribution in [0, 0.1) is 0 Å². The Morgan fingerprint density at radius 2 is 1.59 bits per heavy atom. The Morgan fingerprint density at radius 1 is 0.926 bits per heavy atom. The smallest absolute Gasteiger partial charge is 0.422 e. The van der Waals surface area contributed by atoms with Crippen molar-refractivity contribution >= 4 is 17.5 Å². The van der Waals surface area contributed by atoms with E-state index in [0.717, 1.165) is 5.56 Å². The standard InChI is InChI=1S/C19H19F3N2O3/c20-19(21,22)13-27-16-8-6-15(7-9-16)24-17(25)10-11-23-18(26)12-14-4-2-1-3-5-14/h1-9H,10-13H2,(H,23,26)(H,24,25). The highest BCUT2D eigenvalue weighted by Gasteiger charge is 2.28. The average molecular weight is 380 g/mol. The van der Waals surface area contributed by atoms with Crippen LogP contribution in [0.2, 0.25) is 0 Å². The molecule has 27 heavy (non-hydrogen) atoms. The van der Waals surface area contributed by atoms with Crippen molar-refractivity contribution in [2.24, 2.45) is 0 Å². The van der Waals surface area contributed by atoms with Crippen LogP contribution in [0.15, 0.2) is 54.6 Å². The fourth-order valence-electron chi connectivity index (χ4n) is 2.18. The van der Waals surface area contributed by atoms with Gasteiger partial charge in [-0.05, 0) is 29.8 Å². The summed E-state index contributed by atoms with van der Waals surface area (Å²) in [6.45, 7) is -1.19. The summed E-state index contributed by atoms with van der Waals surface area (Å²) in [7, 11) is 0. The Morgan fingerprint density at radius 3 is 2.22 bits per heavy atom. The lowest BCUT2D eigenvalue weighted by molar-refractivity contribution is -0.153. The van der Waals surface area contributed by atoms with Crippen LogP contribution in [0.25, 0.3) is 0 Å². The van der Waals surface area contributed by atoms with E-state index in [2.05, 4.69) is 15.4 Å². The monoisotopic (exact) mass is 380 g/mol. The van der Waals surface area contributed by atoms with Crippen molar-refractivity contribution in [3.05, 3.63) is 60.2 Å². The maximum absolute atomic E-state index is 12.1. The van der Waals surface area contributed by atoms with Crippen LogP contribution >= 0.6 is 0 Å². The van der Waals surface area contributed by atoms with Crippen LogP contribution in [-0.4, -0.2) is 31.1 Å². The molecule has 0 heterocycles. The molecule has 2 amide bonds. The molecule has 0 fully saturated rings. The first-order chi connectivity index (χ1) is 12.8. The van der Waals surface area contributed by atoms with E-state index in [9.17, 15) is 22.8 Å². The Labute approximate surface area is 154 Å². The van der Waals surface area contributed by atoms with Gasteiger partial charge in [-0.15, -0.1) is 0 Å². The zero-order valence-electron chi connectivity index (χ0n) is 14.4. The number of amides is 2. The van der Waals surface area contributed by atoms with Gasteiger partial charge in [0.05, 0.1) is 6.42 Å². The van der Waals surface area contributed by atoms with Gasteiger partial charge in [0.1, 0.15) is 5.75 Å². The molecule has 0 aliphatic rings. The maximum Gasteiger partial charge on any atom is 0.422 e. The minimum Gasteiger partial charge on any atom is -0.484 e. The second kappa shape index (κ2) is 9.61. The number of ether oxygens (including phenoxy) is 1. The summed E-state index contributed by atoms with van der Waals surface area (Å²) in [5.74, 6) is -0.447. The number of carbonyl (C=O) groups excluding carboxylic acids is 2. The van der Waals surface area contributed by atoms with Crippen molar-refractivity contribution in [3.8, 4) is 5.75 Å². The Bertz CT molecular complexity index is 747. The molecular weight excluding hydrogens is 361 g/mol. The van der Waals surface area contributed by atoms with Crippen LogP contribution in [0.4, 0.5) is 18.9 Å². The lowest BCUT2D eigenvalue weighted by Gasteiger charge is -2.10. The Kier molecular flexibility index (Phi) is 7.22. The molecule has 0 aliphatic carbocycles. The molecule has 0 saturated carbocycles. The second-order valence-electron chi connectivity index (χ2n) is 5.74. The largest absolute Gasteiger partial charge is 0.484 e. The van der Waals surface area contributed by atoms with Gasteiger partial charge in [-0.2, -0.15) is 13.2 Å². The molecule has 0 atom stereocenters. The highest BCUT2D eigenvalue weighted by Crippen LogP contribution is 2.20. The molecule has 2 N–H and O–H groups in total. The lowest BCUT2D eigenvalue weighted by atomic mass is 10.1. The number of alkyl halides is 3. The summed E-state index contributed by atoms with van der Waals surface area (Å²) in [6.07, 6.45) is -4.09. The van der Waals surface area contributed by atoms with Gasteiger partial charge in [-0.25, -0.2) is 0 Å². The third-order valence-corrected chi connectivity index (χ3v) is 3.42. The van der Waals surface area contributed by atoms with Crippen molar-refractivity contribution < 1.29 is 27.5 Å². The van der Waals surface area contributed by atoms with Crippen molar-refractivity contribution in [2.75, 3.05) is 18.5 Å². The molecule has 144 valence electrons. The predicted molar refractivity (Wildman–Crippen MR) is 94.4 cm³/mol. The summed E-state index contributed by atoms with van der Waals surface area (Å²) in [6, 6.07) is 14.8. The summed E-state index contributed by atoms with van der Waals surface area (Å²) < 4.78 is 40.8. The van der Waals surface area contributed by atoms with Gasteiger partial charge in [0.2, 0.25) is 11.8 Å². The minimum atomic E-state index is -4.40. The average Bonchev–Trinajstić information content (AvgIpc) is 2.61. The van der Waals surface area contributed by atoms with Crippen molar-refractivity contribution in [3.63, 3.8) is 0 Å². The molecule has 5 nitrogen and oxygen atoms in total. The topological polar surface area (TPSA) is 67.4 Å². The first-order valence-electron chi connectivity index (χ1n) is 8.22. The third-order valence-electron chi connectivity index (χ3n) is 3.42. The van der Waals surface area contributed by atoms with E-state index >= 15 is 0 Å². The maximum atomic E-state index is 12.1. The Balaban J connectivity index is 1.68. The van der Waals surface area contributed by atoms with E-state index in [-0.39, 0.29) is 37.0 Å². The van der Waals surface area contributed by atoms with Crippen LogP contribution in [0.5, 0.6) is 5.75 Å². The molecule has 2 aromatic carbocycles. The van der Waals surface area contributed by atoms with Crippen LogP contribution in [-0.2, 0) is 16.0 Å². The molecule has 0 aliphatic heterocycles. The van der Waals surface area contributed by atoms with Gasteiger partial charge in [0.25, 0.3) is 0 Å². The van der Waals surface area contributed by atoms with Crippen LogP contribution in [0.1, 0.15) is 12.0 Å². The minimum absolute atomic E-state index is 0.0542. The number of hydrogen-bond donors (Lipinski definition) is 2. The summed E-state index contributed by atoms with van der Waals surface area (Å²) in [4.78, 5) is 23.6. The molecular formula is C19H19F3N2O3. The molecule has 0 aromatic heterocycles. The lowest BCUT2D eigenvalue weighted by Crippen LogP contribution is -2.28. The molecule has 0 saturated heterocycles. The molecule has 0 unspecified atom stereocenters. The molecule has 0 bridgehead atoms. The van der Waals surface area contributed by atoms with E-state index in [1.54, 1.807) is 0 Å². The quantitative estimate of drug-likeness (QED) is 0.738. The van der Waals surface area contributed by atoms with Gasteiger partial charge in [0.15, 0.2) is 6.61 Å². The van der Waals surface area contributed by atoms with Gasteiger partial charge < -0.3 is 15.4 Å². The predicted octanol–water partition coefficient (Wildman–Crippen LogP) is 3.32. The number of carbonyl (C=O) groups is 2. The zero-order chi connectivity index (χ0) is 19.7. The van der Waals surface area contributed by atoms with E-state index in [4.69, 9.17) is 0 Å². The first-order valence-corrected chi connectivity index (χ1v) is 8.22. The second-order valence-corrected chi connectivity index (χ2v) is 5.74. The molecule has 2 aromatic rings. The Hall–Kier alpha value is -3.03. The van der Waals surface area contributed by atoms with Gasteiger partial charge >= 0.3 is 6.18 Å². The van der Waals surface area contributed by atoms with E-state index in [1.807, 2.05) is 30.3 Å². The number of anilines is 1. The highest BCUT2D eigenvalue weighted by atomic mass is 19.4. The molecule has 0 radical (unpaired) electrons. The van der Waals surface area contributed by atoms with Crippen LogP contribution in [0.3, 0.4) is 0 Å². The van der Waals surface area contributed by atoms with Crippen LogP contribution < -0.4 is 15.4 Å². The van der Waals surface area contributed by atoms with Gasteiger partial charge in [-0.1, -0.05) is 30.3 Å². The number of nitrogens with one attached hydrogen (secondary N) is 2. The fraction of sp³-hybridized carbons (Fsp3) is 0.263. The van der Waals surface area contributed by atoms with Crippen molar-refractivity contribution in [1.82, 2.24) is 5.32 Å². The number of rotatable bonds is 8. The molecule has 0 spiro atoms. The zero-order valence-corrected chi connectivity index (χ0v) is 14.4. The third kappa shape index (κ3) is 8.26.